The fraction of sp³-hybridized carbons (Fsp3) is 0.261. The van der Waals surface area contributed by atoms with Crippen LogP contribution in [-0.2, 0) is 13.0 Å². The van der Waals surface area contributed by atoms with Gasteiger partial charge in [-0.25, -0.2) is 4.98 Å². The summed E-state index contributed by atoms with van der Waals surface area (Å²) in [5.41, 5.74) is 5.60. The average molecular weight is 420 g/mol. The zero-order valence-electron chi connectivity index (χ0n) is 16.4. The van der Waals surface area contributed by atoms with Crippen molar-refractivity contribution in [1.29, 1.82) is 5.26 Å². The molecule has 4 nitrogen and oxygen atoms in total. The third kappa shape index (κ3) is 4.13. The van der Waals surface area contributed by atoms with Crippen LogP contribution in [0.15, 0.2) is 46.8 Å². The van der Waals surface area contributed by atoms with E-state index in [0.717, 1.165) is 46.8 Å². The molecule has 0 unspecified atom stereocenters. The first kappa shape index (κ1) is 19.8. The van der Waals surface area contributed by atoms with Gasteiger partial charge in [-0.2, -0.15) is 5.26 Å². The zero-order chi connectivity index (χ0) is 20.4. The number of nitriles is 1. The van der Waals surface area contributed by atoms with Gasteiger partial charge in [-0.3, -0.25) is 4.79 Å². The summed E-state index contributed by atoms with van der Waals surface area (Å²) in [6.45, 7) is 3.74. The topological polar surface area (TPSA) is 57.0 Å². The van der Waals surface area contributed by atoms with Gasteiger partial charge in [0.25, 0.3) is 0 Å². The summed E-state index contributed by atoms with van der Waals surface area (Å²) in [5, 5.41) is 12.7. The van der Waals surface area contributed by atoms with E-state index in [9.17, 15) is 10.1 Å². The van der Waals surface area contributed by atoms with Crippen molar-refractivity contribution in [3.8, 4) is 16.5 Å². The van der Waals surface area contributed by atoms with Crippen molar-refractivity contribution >= 4 is 28.9 Å². The van der Waals surface area contributed by atoms with Gasteiger partial charge in [0, 0.05) is 41.2 Å². The molecule has 0 atom stereocenters. The Kier molecular flexibility index (Phi) is 5.81. The Morgan fingerprint density at radius 1 is 1.31 bits per heavy atom. The number of nitrogens with zero attached hydrogens (tertiary/aromatic N) is 3. The number of ketones is 1. The van der Waals surface area contributed by atoms with Gasteiger partial charge in [0.15, 0.2) is 5.78 Å². The van der Waals surface area contributed by atoms with E-state index in [4.69, 9.17) is 4.98 Å². The number of fused-ring (bicyclic) bond motifs is 1. The van der Waals surface area contributed by atoms with Crippen molar-refractivity contribution in [2.45, 2.75) is 24.9 Å². The monoisotopic (exact) mass is 419 g/mol. The number of carbonyl (C=O) groups is 1. The molecule has 29 heavy (non-hydrogen) atoms. The Morgan fingerprint density at radius 2 is 2.10 bits per heavy atom. The first-order valence-electron chi connectivity index (χ1n) is 9.47. The van der Waals surface area contributed by atoms with Crippen LogP contribution in [0.25, 0.3) is 10.4 Å². The van der Waals surface area contributed by atoms with Crippen molar-refractivity contribution < 1.29 is 4.79 Å². The number of aryl methyl sites for hydroxylation is 1. The predicted molar refractivity (Wildman–Crippen MR) is 119 cm³/mol. The molecule has 0 saturated heterocycles. The first-order valence-corrected chi connectivity index (χ1v) is 11.3. The van der Waals surface area contributed by atoms with Crippen LogP contribution < -0.4 is 0 Å². The Balaban J connectivity index is 1.70. The highest BCUT2D eigenvalue weighted by Gasteiger charge is 2.25. The van der Waals surface area contributed by atoms with Crippen LogP contribution in [0.4, 0.5) is 0 Å². The number of carbonyl (C=O) groups excluding carboxylic acids is 1. The fourth-order valence-electron chi connectivity index (χ4n) is 3.53. The van der Waals surface area contributed by atoms with Crippen LogP contribution in [0.5, 0.6) is 0 Å². The van der Waals surface area contributed by atoms with Crippen molar-refractivity contribution in [3.63, 3.8) is 0 Å². The summed E-state index contributed by atoms with van der Waals surface area (Å²) in [6, 6.07) is 14.1. The molecule has 0 radical (unpaired) electrons. The molecule has 0 spiro atoms. The molecule has 2 aromatic heterocycles. The van der Waals surface area contributed by atoms with Crippen molar-refractivity contribution in [2.75, 3.05) is 19.3 Å². The van der Waals surface area contributed by atoms with Gasteiger partial charge < -0.3 is 4.90 Å². The minimum atomic E-state index is 0.0517. The minimum Gasteiger partial charge on any atom is -0.302 e. The lowest BCUT2D eigenvalue weighted by atomic mass is 9.96. The van der Waals surface area contributed by atoms with Gasteiger partial charge in [-0.1, -0.05) is 47.7 Å². The van der Waals surface area contributed by atoms with Crippen LogP contribution in [0.1, 0.15) is 32.7 Å². The Hall–Kier alpha value is -2.46. The Morgan fingerprint density at radius 3 is 2.79 bits per heavy atom. The van der Waals surface area contributed by atoms with E-state index in [-0.39, 0.29) is 11.5 Å². The third-order valence-electron chi connectivity index (χ3n) is 5.10. The number of hydrogen-bond donors (Lipinski definition) is 0. The van der Waals surface area contributed by atoms with Crippen LogP contribution in [0.3, 0.4) is 0 Å². The number of aromatic nitrogens is 1. The second-order valence-corrected chi connectivity index (χ2v) is 9.16. The highest BCUT2D eigenvalue weighted by molar-refractivity contribution is 8.00. The summed E-state index contributed by atoms with van der Waals surface area (Å²) in [4.78, 5) is 20.8. The second-order valence-electron chi connectivity index (χ2n) is 7.25. The number of Topliss-reactive ketones (excluding diaryl/α,β-unsaturated/α-hetero) is 1. The van der Waals surface area contributed by atoms with Crippen LogP contribution >= 0.6 is 23.1 Å². The summed E-state index contributed by atoms with van der Waals surface area (Å²) in [6.07, 6.45) is 0.857. The molecule has 1 aliphatic rings. The largest absolute Gasteiger partial charge is 0.302 e. The Bertz CT molecular complexity index is 1080. The maximum atomic E-state index is 12.6. The van der Waals surface area contributed by atoms with Gasteiger partial charge in [0.2, 0.25) is 0 Å². The van der Waals surface area contributed by atoms with E-state index in [2.05, 4.69) is 24.1 Å². The van der Waals surface area contributed by atoms with E-state index < -0.39 is 0 Å². The van der Waals surface area contributed by atoms with Crippen LogP contribution in [0, 0.1) is 18.3 Å². The molecule has 1 aromatic carbocycles. The minimum absolute atomic E-state index is 0.0517. The molecule has 3 aromatic rings. The second kappa shape index (κ2) is 8.50. The number of likely N-dealkylation sites (N-methyl/N-ethyl adjacent to an activating group) is 1. The summed E-state index contributed by atoms with van der Waals surface area (Å²) in [5.74, 6) is 0.323. The quantitative estimate of drug-likeness (QED) is 0.432. The number of thiophene rings is 1. The fourth-order valence-corrected chi connectivity index (χ4v) is 5.23. The number of pyridine rings is 1. The highest BCUT2D eigenvalue weighted by atomic mass is 32.2. The molecule has 4 rings (SSSR count). The van der Waals surface area contributed by atoms with Crippen LogP contribution in [-0.4, -0.2) is 35.0 Å². The molecule has 0 N–H and O–H groups in total. The average Bonchev–Trinajstić information content (AvgIpc) is 3.25. The normalized spacial score (nSPS) is 13.7. The van der Waals surface area contributed by atoms with Crippen molar-refractivity contribution in [1.82, 2.24) is 9.88 Å². The molecule has 146 valence electrons. The SMILES string of the molecule is Cc1ccc(C(=O)CSc2nc3c(c(-c4cccs4)c2C#N)CN(C)CC3)cc1. The maximum Gasteiger partial charge on any atom is 0.173 e. The summed E-state index contributed by atoms with van der Waals surface area (Å²) >= 11 is 3.01. The lowest BCUT2D eigenvalue weighted by Gasteiger charge is -2.27. The maximum absolute atomic E-state index is 12.6. The predicted octanol–water partition coefficient (Wildman–Crippen LogP) is 4.95. The number of thioether (sulfide) groups is 1. The molecule has 0 amide bonds. The third-order valence-corrected chi connectivity index (χ3v) is 6.96. The smallest absolute Gasteiger partial charge is 0.173 e. The van der Waals surface area contributed by atoms with Gasteiger partial charge in [0.05, 0.1) is 11.3 Å². The lowest BCUT2D eigenvalue weighted by Crippen LogP contribution is -2.28. The van der Waals surface area contributed by atoms with E-state index in [1.165, 1.54) is 11.8 Å². The molecule has 6 heteroatoms. The molecule has 0 fully saturated rings. The Labute approximate surface area is 179 Å². The molecule has 0 saturated carbocycles. The van der Waals surface area contributed by atoms with Gasteiger partial charge in [0.1, 0.15) is 11.1 Å². The van der Waals surface area contributed by atoms with Crippen molar-refractivity contribution in [3.05, 3.63) is 69.7 Å². The van der Waals surface area contributed by atoms with E-state index in [0.29, 0.717) is 16.2 Å². The summed E-state index contributed by atoms with van der Waals surface area (Å²) in [7, 11) is 2.09. The van der Waals surface area contributed by atoms with E-state index >= 15 is 0 Å². The molecule has 0 aliphatic carbocycles. The van der Waals surface area contributed by atoms with E-state index in [1.807, 2.05) is 42.6 Å². The molecule has 3 heterocycles. The van der Waals surface area contributed by atoms with Gasteiger partial charge in [-0.15, -0.1) is 11.3 Å². The standard InChI is InChI=1S/C23H21N3OS2/c1-15-5-7-16(8-6-15)20(27)14-29-23-17(12-24)22(21-4-3-11-28-21)18-13-26(2)10-9-19(18)25-23/h3-8,11H,9-10,13-14H2,1-2H3. The number of hydrogen-bond acceptors (Lipinski definition) is 6. The zero-order valence-corrected chi connectivity index (χ0v) is 18.1. The first-order chi connectivity index (χ1) is 14.1. The van der Waals surface area contributed by atoms with Gasteiger partial charge in [-0.05, 0) is 31.0 Å². The van der Waals surface area contributed by atoms with Crippen molar-refractivity contribution in [2.24, 2.45) is 0 Å². The number of benzene rings is 1. The molecular formula is C23H21N3OS2. The molecule has 1 aliphatic heterocycles. The molecule has 0 bridgehead atoms. The van der Waals surface area contributed by atoms with Gasteiger partial charge >= 0.3 is 0 Å². The summed E-state index contributed by atoms with van der Waals surface area (Å²) < 4.78 is 0. The lowest BCUT2D eigenvalue weighted by molar-refractivity contribution is 0.102. The highest BCUT2D eigenvalue weighted by Crippen LogP contribution is 2.39. The van der Waals surface area contributed by atoms with Crippen LogP contribution in [0.2, 0.25) is 0 Å². The number of rotatable bonds is 5. The molecular weight excluding hydrogens is 398 g/mol. The van der Waals surface area contributed by atoms with E-state index in [1.54, 1.807) is 11.3 Å².